The Morgan fingerprint density at radius 3 is 2.57 bits per heavy atom. The summed E-state index contributed by atoms with van der Waals surface area (Å²) < 4.78 is 5.47. The third-order valence-electron chi connectivity index (χ3n) is 4.61. The van der Waals surface area contributed by atoms with Crippen molar-refractivity contribution in [2.45, 2.75) is 52.1 Å². The molecular weight excluding hydrogens is 404 g/mol. The van der Waals surface area contributed by atoms with Crippen molar-refractivity contribution < 1.29 is 14.3 Å². The number of rotatable bonds is 4. The summed E-state index contributed by atoms with van der Waals surface area (Å²) in [7, 11) is 1.59. The molecule has 162 valence electrons. The van der Waals surface area contributed by atoms with E-state index in [1.54, 1.807) is 11.9 Å². The zero-order chi connectivity index (χ0) is 21.9. The molecular formula is C20H28N6O3S. The van der Waals surface area contributed by atoms with Crippen LogP contribution in [-0.4, -0.2) is 57.6 Å². The van der Waals surface area contributed by atoms with Gasteiger partial charge in [0.05, 0.1) is 6.20 Å². The number of hydrogen-bond donors (Lipinski definition) is 2. The van der Waals surface area contributed by atoms with E-state index in [0.29, 0.717) is 34.7 Å². The first-order valence-corrected chi connectivity index (χ1v) is 10.7. The van der Waals surface area contributed by atoms with Crippen LogP contribution in [0.3, 0.4) is 0 Å². The van der Waals surface area contributed by atoms with Crippen LogP contribution in [0.1, 0.15) is 60.7 Å². The largest absolute Gasteiger partial charge is 0.444 e. The van der Waals surface area contributed by atoms with Crippen molar-refractivity contribution in [1.29, 1.82) is 0 Å². The predicted octanol–water partition coefficient (Wildman–Crippen LogP) is 3.46. The lowest BCUT2D eigenvalue weighted by atomic mass is 9.93. The highest BCUT2D eigenvalue weighted by Crippen LogP contribution is 2.30. The van der Waals surface area contributed by atoms with E-state index in [0.717, 1.165) is 18.5 Å². The molecule has 2 amide bonds. The molecule has 2 aromatic heterocycles. The Morgan fingerprint density at radius 1 is 1.23 bits per heavy atom. The van der Waals surface area contributed by atoms with Crippen LogP contribution in [0.15, 0.2) is 12.3 Å². The third kappa shape index (κ3) is 5.65. The molecule has 0 radical (unpaired) electrons. The maximum absolute atomic E-state index is 12.3. The standard InChI is InChI=1S/C20H28N6O3S/c1-12-23-14(13-6-8-26(9-7-13)19(28)29-20(2,3)4)10-16(24-12)25-18-22-11-15(30-18)17(27)21-5/h10-11,13H,6-9H2,1-5H3,(H,21,27)(H,22,23,24,25). The molecule has 0 unspecified atom stereocenters. The molecule has 1 aliphatic heterocycles. The number of anilines is 2. The van der Waals surface area contributed by atoms with Crippen molar-refractivity contribution in [2.75, 3.05) is 25.5 Å². The maximum Gasteiger partial charge on any atom is 0.410 e. The Bertz CT molecular complexity index is 916. The van der Waals surface area contributed by atoms with Crippen LogP contribution in [-0.2, 0) is 4.74 Å². The number of carbonyl (C=O) groups excluding carboxylic acids is 2. The van der Waals surface area contributed by atoms with E-state index in [-0.39, 0.29) is 17.9 Å². The average Bonchev–Trinajstić information content (AvgIpc) is 3.14. The van der Waals surface area contributed by atoms with Crippen LogP contribution in [0.2, 0.25) is 0 Å². The zero-order valence-corrected chi connectivity index (χ0v) is 18.8. The van der Waals surface area contributed by atoms with Gasteiger partial charge in [0, 0.05) is 37.8 Å². The molecule has 3 heterocycles. The van der Waals surface area contributed by atoms with Gasteiger partial charge in [-0.15, -0.1) is 0 Å². The van der Waals surface area contributed by atoms with Crippen LogP contribution in [0.5, 0.6) is 0 Å². The van der Waals surface area contributed by atoms with Gasteiger partial charge in [0.15, 0.2) is 5.13 Å². The summed E-state index contributed by atoms with van der Waals surface area (Å²) in [5.74, 6) is 1.37. The molecule has 0 bridgehead atoms. The van der Waals surface area contributed by atoms with Gasteiger partial charge in [-0.1, -0.05) is 11.3 Å². The van der Waals surface area contributed by atoms with Gasteiger partial charge in [-0.05, 0) is 40.5 Å². The second-order valence-electron chi connectivity index (χ2n) is 8.20. The average molecular weight is 433 g/mol. The Morgan fingerprint density at radius 2 is 1.93 bits per heavy atom. The van der Waals surface area contributed by atoms with Gasteiger partial charge < -0.3 is 20.3 Å². The van der Waals surface area contributed by atoms with Gasteiger partial charge in [-0.25, -0.2) is 19.7 Å². The van der Waals surface area contributed by atoms with Gasteiger partial charge in [0.2, 0.25) is 0 Å². The molecule has 2 N–H and O–H groups in total. The molecule has 0 atom stereocenters. The van der Waals surface area contributed by atoms with Crippen molar-refractivity contribution in [3.63, 3.8) is 0 Å². The monoisotopic (exact) mass is 432 g/mol. The van der Waals surface area contributed by atoms with E-state index >= 15 is 0 Å². The first-order chi connectivity index (χ1) is 14.1. The SMILES string of the molecule is CNC(=O)c1cnc(Nc2cc(C3CCN(C(=O)OC(C)(C)C)CC3)nc(C)n2)s1. The molecule has 0 aromatic carbocycles. The molecule has 1 aliphatic rings. The first kappa shape index (κ1) is 21.9. The number of carbonyl (C=O) groups is 2. The first-order valence-electron chi connectivity index (χ1n) is 9.93. The van der Waals surface area contributed by atoms with Crippen LogP contribution < -0.4 is 10.6 Å². The number of nitrogens with zero attached hydrogens (tertiary/aromatic N) is 4. The van der Waals surface area contributed by atoms with Crippen LogP contribution in [0.4, 0.5) is 15.7 Å². The highest BCUT2D eigenvalue weighted by atomic mass is 32.1. The summed E-state index contributed by atoms with van der Waals surface area (Å²) in [6.45, 7) is 8.73. The fourth-order valence-electron chi connectivity index (χ4n) is 3.22. The van der Waals surface area contributed by atoms with E-state index in [1.807, 2.05) is 33.8 Å². The second-order valence-corrected chi connectivity index (χ2v) is 9.23. The maximum atomic E-state index is 12.3. The normalized spacial score (nSPS) is 15.0. The highest BCUT2D eigenvalue weighted by Gasteiger charge is 2.28. The second kappa shape index (κ2) is 8.95. The molecule has 2 aromatic rings. The van der Waals surface area contributed by atoms with Crippen LogP contribution in [0, 0.1) is 6.92 Å². The van der Waals surface area contributed by atoms with Crippen molar-refractivity contribution in [1.82, 2.24) is 25.2 Å². The highest BCUT2D eigenvalue weighted by molar-refractivity contribution is 7.17. The summed E-state index contributed by atoms with van der Waals surface area (Å²) in [6.07, 6.45) is 2.89. The van der Waals surface area contributed by atoms with Crippen molar-refractivity contribution >= 4 is 34.3 Å². The molecule has 10 heteroatoms. The number of piperidine rings is 1. The van der Waals surface area contributed by atoms with E-state index in [4.69, 9.17) is 4.74 Å². The Kier molecular flexibility index (Phi) is 6.55. The van der Waals surface area contributed by atoms with Crippen molar-refractivity contribution in [3.8, 4) is 0 Å². The number of hydrogen-bond acceptors (Lipinski definition) is 8. The molecule has 3 rings (SSSR count). The fourth-order valence-corrected chi connectivity index (χ4v) is 3.99. The third-order valence-corrected chi connectivity index (χ3v) is 5.53. The lowest BCUT2D eigenvalue weighted by Gasteiger charge is -2.33. The fraction of sp³-hybridized carbons (Fsp3) is 0.550. The summed E-state index contributed by atoms with van der Waals surface area (Å²) in [5, 5.41) is 6.35. The molecule has 0 aliphatic carbocycles. The van der Waals surface area contributed by atoms with Crippen LogP contribution >= 0.6 is 11.3 Å². The molecule has 30 heavy (non-hydrogen) atoms. The minimum Gasteiger partial charge on any atom is -0.444 e. The van der Waals surface area contributed by atoms with E-state index in [9.17, 15) is 9.59 Å². The number of amides is 2. The number of thiazole rings is 1. The lowest BCUT2D eigenvalue weighted by Crippen LogP contribution is -2.41. The molecule has 1 saturated heterocycles. The van der Waals surface area contributed by atoms with E-state index in [1.165, 1.54) is 17.5 Å². The number of aromatic nitrogens is 3. The number of ether oxygens (including phenoxy) is 1. The lowest BCUT2D eigenvalue weighted by molar-refractivity contribution is 0.0204. The number of aryl methyl sites for hydroxylation is 1. The Balaban J connectivity index is 1.65. The molecule has 9 nitrogen and oxygen atoms in total. The Labute approximate surface area is 180 Å². The minimum absolute atomic E-state index is 0.170. The molecule has 0 saturated carbocycles. The summed E-state index contributed by atoms with van der Waals surface area (Å²) in [6, 6.07) is 1.92. The van der Waals surface area contributed by atoms with E-state index in [2.05, 4.69) is 25.6 Å². The van der Waals surface area contributed by atoms with Gasteiger partial charge >= 0.3 is 6.09 Å². The van der Waals surface area contributed by atoms with Gasteiger partial charge in [-0.3, -0.25) is 4.79 Å². The van der Waals surface area contributed by atoms with Gasteiger partial charge in [0.25, 0.3) is 5.91 Å². The van der Waals surface area contributed by atoms with Crippen LogP contribution in [0.25, 0.3) is 0 Å². The molecule has 1 fully saturated rings. The topological polar surface area (TPSA) is 109 Å². The van der Waals surface area contributed by atoms with Gasteiger partial charge in [-0.2, -0.15) is 0 Å². The summed E-state index contributed by atoms with van der Waals surface area (Å²) in [4.78, 5) is 39.6. The minimum atomic E-state index is -0.494. The predicted molar refractivity (Wildman–Crippen MR) is 115 cm³/mol. The van der Waals surface area contributed by atoms with Crippen molar-refractivity contribution in [3.05, 3.63) is 28.7 Å². The number of nitrogens with one attached hydrogen (secondary N) is 2. The zero-order valence-electron chi connectivity index (χ0n) is 18.0. The Hall–Kier alpha value is -2.75. The van der Waals surface area contributed by atoms with E-state index < -0.39 is 5.60 Å². The van der Waals surface area contributed by atoms with Crippen molar-refractivity contribution in [2.24, 2.45) is 0 Å². The van der Waals surface area contributed by atoms with Gasteiger partial charge in [0.1, 0.15) is 22.1 Å². The summed E-state index contributed by atoms with van der Waals surface area (Å²) >= 11 is 1.26. The summed E-state index contributed by atoms with van der Waals surface area (Å²) in [5.41, 5.74) is 0.447. The smallest absolute Gasteiger partial charge is 0.410 e. The molecule has 0 spiro atoms. The quantitative estimate of drug-likeness (QED) is 0.761. The number of likely N-dealkylation sites (tertiary alicyclic amines) is 1.